The average molecular weight is 344 g/mol. The van der Waals surface area contributed by atoms with E-state index < -0.39 is 29.2 Å². The third-order valence-electron chi connectivity index (χ3n) is 1.88. The molecule has 0 saturated heterocycles. The van der Waals surface area contributed by atoms with Crippen LogP contribution in [0.15, 0.2) is 10.9 Å². The lowest BCUT2D eigenvalue weighted by Gasteiger charge is -2.12. The van der Waals surface area contributed by atoms with E-state index in [0.29, 0.717) is 0 Å². The van der Waals surface area contributed by atoms with Crippen molar-refractivity contribution in [3.8, 4) is 5.75 Å². The highest BCUT2D eigenvalue weighted by molar-refractivity contribution is 9.08. The van der Waals surface area contributed by atoms with Gasteiger partial charge in [0.05, 0.1) is 6.61 Å². The van der Waals surface area contributed by atoms with Crippen LogP contribution in [0.1, 0.15) is 23.1 Å². The molecule has 1 heterocycles. The first-order valence-corrected chi connectivity index (χ1v) is 6.15. The topological polar surface area (TPSA) is 68.4 Å². The van der Waals surface area contributed by atoms with Crippen molar-refractivity contribution < 1.29 is 27.4 Å². The molecule has 1 aromatic rings. The summed E-state index contributed by atoms with van der Waals surface area (Å²) < 4.78 is 44.7. The lowest BCUT2D eigenvalue weighted by Crippen LogP contribution is -2.25. The summed E-state index contributed by atoms with van der Waals surface area (Å²) in [6.45, 7) is 1.43. The van der Waals surface area contributed by atoms with Crippen LogP contribution in [0.25, 0.3) is 0 Å². The van der Waals surface area contributed by atoms with E-state index in [2.05, 4.69) is 30.4 Å². The maximum Gasteiger partial charge on any atom is 0.573 e. The number of aromatic nitrogens is 1. The molecule has 106 valence electrons. The molecule has 0 fully saturated rings. The van der Waals surface area contributed by atoms with Crippen LogP contribution in [0.3, 0.4) is 0 Å². The highest BCUT2D eigenvalue weighted by Crippen LogP contribution is 2.23. The van der Waals surface area contributed by atoms with Crippen LogP contribution in [0.4, 0.5) is 13.2 Å². The van der Waals surface area contributed by atoms with Crippen molar-refractivity contribution in [3.05, 3.63) is 27.7 Å². The molecule has 5 nitrogen and oxygen atoms in total. The van der Waals surface area contributed by atoms with Gasteiger partial charge < -0.3 is 14.5 Å². The van der Waals surface area contributed by atoms with E-state index in [1.165, 1.54) is 6.92 Å². The van der Waals surface area contributed by atoms with Gasteiger partial charge in [-0.1, -0.05) is 15.9 Å². The molecule has 0 saturated carbocycles. The molecule has 1 aromatic heterocycles. The largest absolute Gasteiger partial charge is 0.573 e. The summed E-state index contributed by atoms with van der Waals surface area (Å²) >= 11 is 3.01. The number of ether oxygens (including phenoxy) is 2. The van der Waals surface area contributed by atoms with Gasteiger partial charge in [0.15, 0.2) is 5.69 Å². The van der Waals surface area contributed by atoms with Crippen molar-refractivity contribution in [3.63, 3.8) is 0 Å². The number of H-pyrrole nitrogens is 1. The van der Waals surface area contributed by atoms with Crippen molar-refractivity contribution in [2.24, 2.45) is 0 Å². The third-order valence-corrected chi connectivity index (χ3v) is 2.49. The van der Waals surface area contributed by atoms with Crippen LogP contribution < -0.4 is 10.2 Å². The number of halogens is 4. The highest BCUT2D eigenvalue weighted by Gasteiger charge is 2.35. The van der Waals surface area contributed by atoms with Gasteiger partial charge in [0.2, 0.25) is 11.2 Å². The molecule has 0 bridgehead atoms. The predicted octanol–water partition coefficient (Wildman–Crippen LogP) is 2.35. The van der Waals surface area contributed by atoms with Crippen LogP contribution in [-0.4, -0.2) is 23.9 Å². The average Bonchev–Trinajstić information content (AvgIpc) is 2.30. The SMILES string of the molecule is CCOC(=O)c1[nH]c(CBr)cc(=O)c1OC(F)(F)F. The standard InChI is InChI=1S/C10H9BrF3NO4/c1-2-18-9(17)7-8(19-10(12,13)14)6(16)3-5(4-11)15-7/h3H,2,4H2,1H3,(H,15,16). The Balaban J connectivity index is 3.34. The third kappa shape index (κ3) is 4.27. The quantitative estimate of drug-likeness (QED) is 0.673. The molecule has 19 heavy (non-hydrogen) atoms. The lowest BCUT2D eigenvalue weighted by molar-refractivity contribution is -0.275. The van der Waals surface area contributed by atoms with Crippen molar-refractivity contribution in [1.82, 2.24) is 4.98 Å². The Labute approximate surface area is 113 Å². The molecule has 0 aliphatic heterocycles. The van der Waals surface area contributed by atoms with E-state index >= 15 is 0 Å². The molecule has 0 spiro atoms. The Morgan fingerprint density at radius 3 is 2.58 bits per heavy atom. The summed E-state index contributed by atoms with van der Waals surface area (Å²) in [6, 6.07) is 0.901. The Morgan fingerprint density at radius 1 is 1.47 bits per heavy atom. The molecule has 0 radical (unpaired) electrons. The summed E-state index contributed by atoms with van der Waals surface area (Å²) in [5.74, 6) is -2.22. The second-order valence-corrected chi connectivity index (χ2v) is 3.83. The van der Waals surface area contributed by atoms with Gasteiger partial charge in [-0.15, -0.1) is 13.2 Å². The van der Waals surface area contributed by atoms with Gasteiger partial charge in [-0.05, 0) is 6.92 Å². The van der Waals surface area contributed by atoms with Crippen molar-refractivity contribution >= 4 is 21.9 Å². The number of aromatic amines is 1. The van der Waals surface area contributed by atoms with E-state index in [1.54, 1.807) is 0 Å². The molecule has 1 N–H and O–H groups in total. The second-order valence-electron chi connectivity index (χ2n) is 3.26. The number of nitrogens with one attached hydrogen (secondary N) is 1. The number of esters is 1. The van der Waals surface area contributed by atoms with Crippen LogP contribution in [-0.2, 0) is 10.1 Å². The summed E-state index contributed by atoms with van der Waals surface area (Å²) in [5, 5.41) is 0.154. The van der Waals surface area contributed by atoms with E-state index in [-0.39, 0.29) is 17.6 Å². The molecule has 0 atom stereocenters. The van der Waals surface area contributed by atoms with Crippen molar-refractivity contribution in [2.75, 3.05) is 6.61 Å². The molecule has 0 amide bonds. The molecule has 9 heteroatoms. The summed E-state index contributed by atoms with van der Waals surface area (Å²) in [6.07, 6.45) is -5.08. The Hall–Kier alpha value is -1.51. The monoisotopic (exact) mass is 343 g/mol. The smallest absolute Gasteiger partial charge is 0.461 e. The number of carbonyl (C=O) groups is 1. The van der Waals surface area contributed by atoms with Gasteiger partial charge in [0.25, 0.3) is 0 Å². The fraction of sp³-hybridized carbons (Fsp3) is 0.400. The molecular formula is C10H9BrF3NO4. The lowest BCUT2D eigenvalue weighted by atomic mass is 10.2. The minimum atomic E-state index is -5.08. The van der Waals surface area contributed by atoms with Crippen LogP contribution in [0.5, 0.6) is 5.75 Å². The minimum absolute atomic E-state index is 0.0507. The molecule has 1 rings (SSSR count). The van der Waals surface area contributed by atoms with Crippen LogP contribution in [0.2, 0.25) is 0 Å². The number of pyridine rings is 1. The Kier molecular flexibility index (Phi) is 4.98. The zero-order valence-corrected chi connectivity index (χ0v) is 11.2. The number of hydrogen-bond acceptors (Lipinski definition) is 4. The fourth-order valence-electron chi connectivity index (χ4n) is 1.24. The second kappa shape index (κ2) is 6.09. The fourth-order valence-corrected chi connectivity index (χ4v) is 1.54. The van der Waals surface area contributed by atoms with Gasteiger partial charge in [0, 0.05) is 17.1 Å². The molecule has 0 aliphatic rings. The first kappa shape index (κ1) is 15.5. The van der Waals surface area contributed by atoms with Gasteiger partial charge in [-0.2, -0.15) is 0 Å². The highest BCUT2D eigenvalue weighted by atomic mass is 79.9. The van der Waals surface area contributed by atoms with Crippen molar-refractivity contribution in [2.45, 2.75) is 18.6 Å². The van der Waals surface area contributed by atoms with Gasteiger partial charge >= 0.3 is 12.3 Å². The van der Waals surface area contributed by atoms with E-state index in [9.17, 15) is 22.8 Å². The van der Waals surface area contributed by atoms with Crippen LogP contribution >= 0.6 is 15.9 Å². The van der Waals surface area contributed by atoms with Crippen molar-refractivity contribution in [1.29, 1.82) is 0 Å². The van der Waals surface area contributed by atoms with Gasteiger partial charge in [-0.25, -0.2) is 4.79 Å². The molecule has 0 unspecified atom stereocenters. The zero-order valence-electron chi connectivity index (χ0n) is 9.64. The first-order valence-electron chi connectivity index (χ1n) is 5.03. The first-order chi connectivity index (χ1) is 8.78. The summed E-state index contributed by atoms with van der Waals surface area (Å²) in [4.78, 5) is 25.4. The molecule has 0 aromatic carbocycles. The number of hydrogen-bond donors (Lipinski definition) is 1. The van der Waals surface area contributed by atoms with E-state index in [4.69, 9.17) is 0 Å². The van der Waals surface area contributed by atoms with Gasteiger partial charge in [0.1, 0.15) is 0 Å². The van der Waals surface area contributed by atoms with E-state index in [0.717, 1.165) is 6.07 Å². The number of alkyl halides is 4. The molecule has 0 aliphatic carbocycles. The number of rotatable bonds is 4. The predicted molar refractivity (Wildman–Crippen MR) is 62.3 cm³/mol. The Morgan fingerprint density at radius 2 is 2.11 bits per heavy atom. The summed E-state index contributed by atoms with van der Waals surface area (Å²) in [5.41, 5.74) is -1.50. The van der Waals surface area contributed by atoms with Gasteiger partial charge in [-0.3, -0.25) is 4.79 Å². The minimum Gasteiger partial charge on any atom is -0.461 e. The van der Waals surface area contributed by atoms with Crippen LogP contribution in [0, 0.1) is 0 Å². The maximum absolute atomic E-state index is 12.2. The Bertz CT molecular complexity index is 526. The number of carbonyl (C=O) groups excluding carboxylic acids is 1. The zero-order chi connectivity index (χ0) is 14.6. The normalized spacial score (nSPS) is 11.2. The summed E-state index contributed by atoms with van der Waals surface area (Å²) in [7, 11) is 0. The van der Waals surface area contributed by atoms with E-state index in [1.807, 2.05) is 0 Å². The molecular weight excluding hydrogens is 335 g/mol. The maximum atomic E-state index is 12.2.